The van der Waals surface area contributed by atoms with Crippen molar-refractivity contribution in [2.24, 2.45) is 5.92 Å². The van der Waals surface area contributed by atoms with Crippen LogP contribution in [0, 0.1) is 5.92 Å². The highest BCUT2D eigenvalue weighted by Gasteiger charge is 2.21. The zero-order valence-electron chi connectivity index (χ0n) is 14.3. The SMILES string of the molecule is CC1CCCN(c2ncnc(Nc3cccc4ncccc34)c2N)C1. The molecule has 4 rings (SSSR count). The van der Waals surface area contributed by atoms with Crippen molar-refractivity contribution in [2.45, 2.75) is 19.8 Å². The van der Waals surface area contributed by atoms with Crippen molar-refractivity contribution in [1.29, 1.82) is 0 Å². The summed E-state index contributed by atoms with van der Waals surface area (Å²) >= 11 is 0. The molecule has 1 saturated heterocycles. The Hall–Kier alpha value is -2.89. The Morgan fingerprint density at radius 2 is 2.08 bits per heavy atom. The van der Waals surface area contributed by atoms with Gasteiger partial charge in [-0.2, -0.15) is 0 Å². The molecule has 0 radical (unpaired) electrons. The maximum atomic E-state index is 6.41. The van der Waals surface area contributed by atoms with E-state index in [1.54, 1.807) is 12.5 Å². The third-order valence-electron chi connectivity index (χ3n) is 4.72. The molecular formula is C19H22N6. The van der Waals surface area contributed by atoms with Crippen LogP contribution in [0.2, 0.25) is 0 Å². The molecule has 1 unspecified atom stereocenters. The summed E-state index contributed by atoms with van der Waals surface area (Å²) in [6.07, 6.45) is 5.80. The topological polar surface area (TPSA) is 80.0 Å². The Balaban J connectivity index is 1.68. The van der Waals surface area contributed by atoms with E-state index >= 15 is 0 Å². The lowest BCUT2D eigenvalue weighted by Crippen LogP contribution is -2.35. The first-order valence-electron chi connectivity index (χ1n) is 8.68. The fraction of sp³-hybridized carbons (Fsp3) is 0.316. The van der Waals surface area contributed by atoms with Gasteiger partial charge in [0, 0.05) is 30.4 Å². The average molecular weight is 334 g/mol. The molecule has 0 amide bonds. The number of anilines is 4. The number of aromatic nitrogens is 3. The Bertz CT molecular complexity index is 889. The van der Waals surface area contributed by atoms with E-state index in [1.807, 2.05) is 30.3 Å². The van der Waals surface area contributed by atoms with Crippen molar-refractivity contribution in [2.75, 3.05) is 29.0 Å². The summed E-state index contributed by atoms with van der Waals surface area (Å²) in [5, 5.41) is 4.40. The minimum Gasteiger partial charge on any atom is -0.393 e. The van der Waals surface area contributed by atoms with Crippen molar-refractivity contribution >= 4 is 33.9 Å². The predicted molar refractivity (Wildman–Crippen MR) is 102 cm³/mol. The van der Waals surface area contributed by atoms with Gasteiger partial charge in [0.25, 0.3) is 0 Å². The molecule has 6 nitrogen and oxygen atoms in total. The monoisotopic (exact) mass is 334 g/mol. The minimum absolute atomic E-state index is 0.595. The Morgan fingerprint density at radius 1 is 1.16 bits per heavy atom. The van der Waals surface area contributed by atoms with Gasteiger partial charge in [-0.25, -0.2) is 9.97 Å². The highest BCUT2D eigenvalue weighted by Crippen LogP contribution is 2.32. The largest absolute Gasteiger partial charge is 0.393 e. The quantitative estimate of drug-likeness (QED) is 0.762. The Labute approximate surface area is 147 Å². The third-order valence-corrected chi connectivity index (χ3v) is 4.72. The Kier molecular flexibility index (Phi) is 4.09. The van der Waals surface area contributed by atoms with Gasteiger partial charge in [-0.05, 0) is 43.0 Å². The molecule has 1 fully saturated rings. The van der Waals surface area contributed by atoms with E-state index in [0.29, 0.717) is 17.4 Å². The van der Waals surface area contributed by atoms with Gasteiger partial charge in [0.05, 0.1) is 5.52 Å². The lowest BCUT2D eigenvalue weighted by molar-refractivity contribution is 0.445. The number of nitrogen functional groups attached to an aromatic ring is 1. The smallest absolute Gasteiger partial charge is 0.159 e. The molecule has 2 aromatic heterocycles. The summed E-state index contributed by atoms with van der Waals surface area (Å²) in [4.78, 5) is 15.5. The number of fused-ring (bicyclic) bond motifs is 1. The Morgan fingerprint density at radius 3 is 2.96 bits per heavy atom. The zero-order chi connectivity index (χ0) is 17.2. The van der Waals surface area contributed by atoms with E-state index in [4.69, 9.17) is 5.73 Å². The molecule has 128 valence electrons. The second-order valence-corrected chi connectivity index (χ2v) is 6.65. The molecular weight excluding hydrogens is 312 g/mol. The molecule has 1 atom stereocenters. The van der Waals surface area contributed by atoms with Gasteiger partial charge in [-0.3, -0.25) is 4.98 Å². The van der Waals surface area contributed by atoms with Crippen molar-refractivity contribution in [1.82, 2.24) is 15.0 Å². The van der Waals surface area contributed by atoms with Gasteiger partial charge in [0.1, 0.15) is 12.0 Å². The van der Waals surface area contributed by atoms with Crippen LogP contribution in [0.25, 0.3) is 10.9 Å². The van der Waals surface area contributed by atoms with Crippen molar-refractivity contribution in [3.05, 3.63) is 42.9 Å². The van der Waals surface area contributed by atoms with Crippen molar-refractivity contribution < 1.29 is 0 Å². The first kappa shape index (κ1) is 15.6. The van der Waals surface area contributed by atoms with E-state index in [0.717, 1.165) is 35.5 Å². The van der Waals surface area contributed by atoms with E-state index in [-0.39, 0.29) is 0 Å². The van der Waals surface area contributed by atoms with Gasteiger partial charge >= 0.3 is 0 Å². The zero-order valence-corrected chi connectivity index (χ0v) is 14.3. The minimum atomic E-state index is 0.595. The second-order valence-electron chi connectivity index (χ2n) is 6.65. The van der Waals surface area contributed by atoms with Crippen LogP contribution in [0.1, 0.15) is 19.8 Å². The van der Waals surface area contributed by atoms with Gasteiger partial charge in [0.2, 0.25) is 0 Å². The van der Waals surface area contributed by atoms with Crippen LogP contribution in [-0.4, -0.2) is 28.0 Å². The molecule has 6 heteroatoms. The van der Waals surface area contributed by atoms with E-state index in [1.165, 1.54) is 12.8 Å². The molecule has 0 bridgehead atoms. The summed E-state index contributed by atoms with van der Waals surface area (Å²) in [5.41, 5.74) is 8.88. The van der Waals surface area contributed by atoms with Crippen LogP contribution >= 0.6 is 0 Å². The number of benzene rings is 1. The van der Waals surface area contributed by atoms with Gasteiger partial charge < -0.3 is 16.0 Å². The van der Waals surface area contributed by atoms with Crippen LogP contribution in [0.3, 0.4) is 0 Å². The predicted octanol–water partition coefficient (Wildman–Crippen LogP) is 3.59. The maximum absolute atomic E-state index is 6.41. The highest BCUT2D eigenvalue weighted by molar-refractivity contribution is 5.94. The standard InChI is InChI=1S/C19H22N6/c1-13-5-4-10-25(11-13)19-17(20)18(22-12-23-19)24-16-8-2-7-15-14(16)6-3-9-21-15/h2-3,6-9,12-13H,4-5,10-11,20H2,1H3,(H,22,23,24). The van der Waals surface area contributed by atoms with E-state index in [9.17, 15) is 0 Å². The van der Waals surface area contributed by atoms with Gasteiger partial charge in [-0.1, -0.05) is 13.0 Å². The lowest BCUT2D eigenvalue weighted by Gasteiger charge is -2.32. The number of pyridine rings is 1. The maximum Gasteiger partial charge on any atom is 0.159 e. The fourth-order valence-electron chi connectivity index (χ4n) is 3.46. The molecule has 3 heterocycles. The molecule has 3 aromatic rings. The fourth-order valence-corrected chi connectivity index (χ4v) is 3.46. The van der Waals surface area contributed by atoms with Crippen LogP contribution in [0.4, 0.5) is 23.0 Å². The molecule has 1 aliphatic rings. The van der Waals surface area contributed by atoms with Crippen LogP contribution in [0.15, 0.2) is 42.9 Å². The highest BCUT2D eigenvalue weighted by atomic mass is 15.2. The lowest BCUT2D eigenvalue weighted by atomic mass is 10.0. The molecule has 1 aromatic carbocycles. The average Bonchev–Trinajstić information content (AvgIpc) is 2.64. The molecule has 0 aliphatic carbocycles. The number of rotatable bonds is 3. The number of nitrogens with one attached hydrogen (secondary N) is 1. The number of hydrogen-bond donors (Lipinski definition) is 2. The first-order chi connectivity index (χ1) is 12.2. The molecule has 1 aliphatic heterocycles. The summed E-state index contributed by atoms with van der Waals surface area (Å²) in [6.45, 7) is 4.24. The summed E-state index contributed by atoms with van der Waals surface area (Å²) < 4.78 is 0. The van der Waals surface area contributed by atoms with Crippen LogP contribution in [-0.2, 0) is 0 Å². The van der Waals surface area contributed by atoms with Crippen molar-refractivity contribution in [3.8, 4) is 0 Å². The first-order valence-corrected chi connectivity index (χ1v) is 8.68. The number of nitrogens with zero attached hydrogens (tertiary/aromatic N) is 4. The number of hydrogen-bond acceptors (Lipinski definition) is 6. The summed E-state index contributed by atoms with van der Waals surface area (Å²) in [5.74, 6) is 2.12. The molecule has 0 spiro atoms. The second kappa shape index (κ2) is 6.55. The summed E-state index contributed by atoms with van der Waals surface area (Å²) in [7, 11) is 0. The van der Waals surface area contributed by atoms with E-state index in [2.05, 4.69) is 32.1 Å². The van der Waals surface area contributed by atoms with Crippen LogP contribution < -0.4 is 16.0 Å². The number of nitrogens with two attached hydrogens (primary N) is 1. The van der Waals surface area contributed by atoms with Gasteiger partial charge in [-0.15, -0.1) is 0 Å². The molecule has 3 N–H and O–H groups in total. The third kappa shape index (κ3) is 3.07. The van der Waals surface area contributed by atoms with Crippen molar-refractivity contribution in [3.63, 3.8) is 0 Å². The summed E-state index contributed by atoms with van der Waals surface area (Å²) in [6, 6.07) is 9.94. The molecule has 25 heavy (non-hydrogen) atoms. The normalized spacial score (nSPS) is 17.6. The van der Waals surface area contributed by atoms with E-state index < -0.39 is 0 Å². The number of piperidine rings is 1. The van der Waals surface area contributed by atoms with Gasteiger partial charge in [0.15, 0.2) is 11.6 Å². The van der Waals surface area contributed by atoms with Crippen LogP contribution in [0.5, 0.6) is 0 Å². The molecule has 0 saturated carbocycles.